The van der Waals surface area contributed by atoms with Gasteiger partial charge >= 0.3 is 6.03 Å². The van der Waals surface area contributed by atoms with E-state index in [1.807, 2.05) is 25.1 Å². The van der Waals surface area contributed by atoms with Crippen LogP contribution < -0.4 is 16.0 Å². The van der Waals surface area contributed by atoms with Crippen molar-refractivity contribution < 1.29 is 14.0 Å². The second-order valence-corrected chi connectivity index (χ2v) is 6.62. The standard InChI is InChI=1S/C21H21ClN4O3/c1-2-23-21(28)26-15-7-5-6-14(12-15)25-19(27)10-11-20-24-13-18(29-20)16-8-3-4-9-17(16)22/h3-9,12-13H,2,10-11H2,1H3,(H,25,27)(H2,23,26,28). The van der Waals surface area contributed by atoms with Crippen LogP contribution in [-0.4, -0.2) is 23.5 Å². The number of benzene rings is 2. The van der Waals surface area contributed by atoms with E-state index in [0.717, 1.165) is 5.56 Å². The fourth-order valence-electron chi connectivity index (χ4n) is 2.67. The van der Waals surface area contributed by atoms with Crippen molar-refractivity contribution >= 4 is 34.9 Å². The first-order valence-electron chi connectivity index (χ1n) is 9.19. The third-order valence-corrected chi connectivity index (χ3v) is 4.33. The molecule has 3 rings (SSSR count). The zero-order chi connectivity index (χ0) is 20.6. The molecule has 0 bridgehead atoms. The molecule has 0 atom stereocenters. The second kappa shape index (κ2) is 9.75. The highest BCUT2D eigenvalue weighted by Gasteiger charge is 2.11. The molecule has 0 saturated carbocycles. The van der Waals surface area contributed by atoms with Crippen LogP contribution in [0.15, 0.2) is 59.1 Å². The molecule has 0 fully saturated rings. The van der Waals surface area contributed by atoms with Gasteiger partial charge in [-0.15, -0.1) is 0 Å². The first kappa shape index (κ1) is 20.4. The van der Waals surface area contributed by atoms with E-state index < -0.39 is 0 Å². The number of carbonyl (C=O) groups excluding carboxylic acids is 2. The smallest absolute Gasteiger partial charge is 0.319 e. The number of carbonyl (C=O) groups is 2. The highest BCUT2D eigenvalue weighted by Crippen LogP contribution is 2.28. The zero-order valence-electron chi connectivity index (χ0n) is 15.9. The highest BCUT2D eigenvalue weighted by atomic mass is 35.5. The van der Waals surface area contributed by atoms with Gasteiger partial charge in [0, 0.05) is 36.3 Å². The molecule has 3 amide bonds. The average molecular weight is 413 g/mol. The minimum atomic E-state index is -0.297. The third-order valence-electron chi connectivity index (χ3n) is 4.00. The van der Waals surface area contributed by atoms with Crippen molar-refractivity contribution in [3.8, 4) is 11.3 Å². The van der Waals surface area contributed by atoms with E-state index >= 15 is 0 Å². The van der Waals surface area contributed by atoms with Crippen LogP contribution in [0, 0.1) is 0 Å². The average Bonchev–Trinajstić information content (AvgIpc) is 3.16. The van der Waals surface area contributed by atoms with Crippen molar-refractivity contribution in [2.75, 3.05) is 17.2 Å². The lowest BCUT2D eigenvalue weighted by Crippen LogP contribution is -2.28. The summed E-state index contributed by atoms with van der Waals surface area (Å²) in [6.07, 6.45) is 2.16. The number of aryl methyl sites for hydroxylation is 1. The van der Waals surface area contributed by atoms with Crippen LogP contribution in [0.2, 0.25) is 5.02 Å². The minimum absolute atomic E-state index is 0.183. The molecule has 1 heterocycles. The normalized spacial score (nSPS) is 10.4. The summed E-state index contributed by atoms with van der Waals surface area (Å²) < 4.78 is 5.71. The van der Waals surface area contributed by atoms with E-state index in [2.05, 4.69) is 20.9 Å². The van der Waals surface area contributed by atoms with Crippen LogP contribution in [0.25, 0.3) is 11.3 Å². The van der Waals surface area contributed by atoms with Gasteiger partial charge in [0.25, 0.3) is 0 Å². The van der Waals surface area contributed by atoms with Gasteiger partial charge in [0.05, 0.1) is 11.2 Å². The monoisotopic (exact) mass is 412 g/mol. The molecule has 3 aromatic rings. The summed E-state index contributed by atoms with van der Waals surface area (Å²) in [5.41, 5.74) is 1.94. The Hall–Kier alpha value is -3.32. The van der Waals surface area contributed by atoms with Crippen LogP contribution in [0.4, 0.5) is 16.2 Å². The van der Waals surface area contributed by atoms with E-state index in [1.54, 1.807) is 36.5 Å². The molecule has 3 N–H and O–H groups in total. The number of nitrogens with one attached hydrogen (secondary N) is 3. The molecule has 0 saturated heterocycles. The molecule has 0 aliphatic heterocycles. The summed E-state index contributed by atoms with van der Waals surface area (Å²) >= 11 is 6.17. The maximum atomic E-state index is 12.3. The SMILES string of the molecule is CCNC(=O)Nc1cccc(NC(=O)CCc2ncc(-c3ccccc3Cl)o2)c1. The fourth-order valence-corrected chi connectivity index (χ4v) is 2.89. The molecule has 7 nitrogen and oxygen atoms in total. The molecule has 0 radical (unpaired) electrons. The number of amides is 3. The topological polar surface area (TPSA) is 96.3 Å². The number of anilines is 2. The summed E-state index contributed by atoms with van der Waals surface area (Å²) in [6, 6.07) is 14.0. The number of oxazole rings is 1. The van der Waals surface area contributed by atoms with Gasteiger partial charge in [0.15, 0.2) is 11.7 Å². The summed E-state index contributed by atoms with van der Waals surface area (Å²) in [5, 5.41) is 8.73. The molecular weight excluding hydrogens is 392 g/mol. The Balaban J connectivity index is 1.54. The Labute approximate surface area is 173 Å². The molecule has 0 aliphatic rings. The number of nitrogens with zero attached hydrogens (tertiary/aromatic N) is 1. The first-order chi connectivity index (χ1) is 14.0. The number of rotatable bonds is 7. The van der Waals surface area contributed by atoms with Gasteiger partial charge in [-0.1, -0.05) is 29.8 Å². The van der Waals surface area contributed by atoms with Crippen LogP contribution in [0.5, 0.6) is 0 Å². The van der Waals surface area contributed by atoms with E-state index in [-0.39, 0.29) is 18.4 Å². The Morgan fingerprint density at radius 2 is 1.83 bits per heavy atom. The molecule has 8 heteroatoms. The second-order valence-electron chi connectivity index (χ2n) is 6.21. The summed E-state index contributed by atoms with van der Waals surface area (Å²) in [7, 11) is 0. The molecule has 0 aliphatic carbocycles. The van der Waals surface area contributed by atoms with Gasteiger partial charge in [-0.2, -0.15) is 0 Å². The van der Waals surface area contributed by atoms with Gasteiger partial charge in [0.1, 0.15) is 0 Å². The van der Waals surface area contributed by atoms with Gasteiger partial charge < -0.3 is 20.4 Å². The molecule has 2 aromatic carbocycles. The Kier molecular flexibility index (Phi) is 6.86. The van der Waals surface area contributed by atoms with Crippen LogP contribution in [0.3, 0.4) is 0 Å². The lowest BCUT2D eigenvalue weighted by molar-refractivity contribution is -0.116. The maximum absolute atomic E-state index is 12.3. The Morgan fingerprint density at radius 1 is 1.07 bits per heavy atom. The van der Waals surface area contributed by atoms with Crippen molar-refractivity contribution in [1.82, 2.24) is 10.3 Å². The van der Waals surface area contributed by atoms with E-state index in [0.29, 0.717) is 41.0 Å². The van der Waals surface area contributed by atoms with E-state index in [4.69, 9.17) is 16.0 Å². The number of hydrogen-bond acceptors (Lipinski definition) is 4. The first-order valence-corrected chi connectivity index (χ1v) is 9.57. The fraction of sp³-hybridized carbons (Fsp3) is 0.190. The van der Waals surface area contributed by atoms with Crippen LogP contribution >= 0.6 is 11.6 Å². The Bertz CT molecular complexity index is 1000. The lowest BCUT2D eigenvalue weighted by atomic mass is 10.2. The summed E-state index contributed by atoms with van der Waals surface area (Å²) in [5.74, 6) is 0.842. The molecule has 0 unspecified atom stereocenters. The number of aromatic nitrogens is 1. The van der Waals surface area contributed by atoms with Gasteiger partial charge in [-0.05, 0) is 37.3 Å². The van der Waals surface area contributed by atoms with Crippen molar-refractivity contribution in [3.63, 3.8) is 0 Å². The maximum Gasteiger partial charge on any atom is 0.319 e. The Morgan fingerprint density at radius 3 is 2.59 bits per heavy atom. The molecular formula is C21H21ClN4O3. The van der Waals surface area contributed by atoms with Gasteiger partial charge in [0.2, 0.25) is 5.91 Å². The van der Waals surface area contributed by atoms with Crippen molar-refractivity contribution in [3.05, 3.63) is 65.6 Å². The third kappa shape index (κ3) is 5.83. The predicted octanol–water partition coefficient (Wildman–Crippen LogP) is 4.71. The lowest BCUT2D eigenvalue weighted by Gasteiger charge is -2.09. The quantitative estimate of drug-likeness (QED) is 0.523. The van der Waals surface area contributed by atoms with E-state index in [9.17, 15) is 9.59 Å². The summed E-state index contributed by atoms with van der Waals surface area (Å²) in [6.45, 7) is 2.36. The summed E-state index contributed by atoms with van der Waals surface area (Å²) in [4.78, 5) is 28.1. The largest absolute Gasteiger partial charge is 0.441 e. The number of hydrogen-bond donors (Lipinski definition) is 3. The van der Waals surface area contributed by atoms with Crippen molar-refractivity contribution in [1.29, 1.82) is 0 Å². The highest BCUT2D eigenvalue weighted by molar-refractivity contribution is 6.33. The molecule has 150 valence electrons. The molecule has 0 spiro atoms. The van der Waals surface area contributed by atoms with Gasteiger partial charge in [-0.3, -0.25) is 4.79 Å². The predicted molar refractivity (Wildman–Crippen MR) is 113 cm³/mol. The van der Waals surface area contributed by atoms with Crippen LogP contribution in [0.1, 0.15) is 19.2 Å². The zero-order valence-corrected chi connectivity index (χ0v) is 16.6. The van der Waals surface area contributed by atoms with E-state index in [1.165, 1.54) is 0 Å². The van der Waals surface area contributed by atoms with Gasteiger partial charge in [-0.25, -0.2) is 9.78 Å². The number of urea groups is 1. The van der Waals surface area contributed by atoms with Crippen molar-refractivity contribution in [2.45, 2.75) is 19.8 Å². The molecule has 1 aromatic heterocycles. The number of halogens is 1. The van der Waals surface area contributed by atoms with Crippen LogP contribution in [-0.2, 0) is 11.2 Å². The molecule has 29 heavy (non-hydrogen) atoms. The minimum Gasteiger partial charge on any atom is -0.441 e. The van der Waals surface area contributed by atoms with Crippen molar-refractivity contribution in [2.24, 2.45) is 0 Å².